The summed E-state index contributed by atoms with van der Waals surface area (Å²) in [4.78, 5) is 22.6. The van der Waals surface area contributed by atoms with Crippen molar-refractivity contribution in [3.8, 4) is 12.3 Å². The van der Waals surface area contributed by atoms with Gasteiger partial charge in [-0.05, 0) is 6.42 Å². The summed E-state index contributed by atoms with van der Waals surface area (Å²) >= 11 is 0. The number of hydrogen-bond donors (Lipinski definition) is 1. The summed E-state index contributed by atoms with van der Waals surface area (Å²) in [6.07, 6.45) is 5.56. The first-order chi connectivity index (χ1) is 6.07. The average molecular weight is 183 g/mol. The molecule has 0 atom stereocenters. The van der Waals surface area contributed by atoms with Gasteiger partial charge < -0.3 is 10.0 Å². The van der Waals surface area contributed by atoms with Gasteiger partial charge >= 0.3 is 5.97 Å². The predicted molar refractivity (Wildman–Crippen MR) is 48.0 cm³/mol. The Morgan fingerprint density at radius 2 is 2.15 bits per heavy atom. The maximum atomic E-state index is 11.1. The molecule has 0 bridgehead atoms. The number of carboxylic acid groups (broad SMARTS) is 1. The van der Waals surface area contributed by atoms with Crippen molar-refractivity contribution in [1.29, 1.82) is 0 Å². The summed E-state index contributed by atoms with van der Waals surface area (Å²) in [6.45, 7) is 0.437. The van der Waals surface area contributed by atoms with Gasteiger partial charge in [-0.15, -0.1) is 6.42 Å². The molecule has 1 N–H and O–H groups in total. The van der Waals surface area contributed by atoms with Crippen molar-refractivity contribution in [2.24, 2.45) is 0 Å². The van der Waals surface area contributed by atoms with Crippen LogP contribution in [0.1, 0.15) is 19.3 Å². The summed E-state index contributed by atoms with van der Waals surface area (Å²) in [7, 11) is 1.61. The number of carbonyl (C=O) groups is 2. The Bertz CT molecular complexity index is 230. The fourth-order valence-corrected chi connectivity index (χ4v) is 0.814. The van der Waals surface area contributed by atoms with Crippen LogP contribution in [0.5, 0.6) is 0 Å². The van der Waals surface area contributed by atoms with E-state index in [4.69, 9.17) is 11.5 Å². The van der Waals surface area contributed by atoms with Crippen molar-refractivity contribution >= 4 is 11.9 Å². The topological polar surface area (TPSA) is 57.6 Å². The van der Waals surface area contributed by atoms with E-state index in [1.165, 1.54) is 4.90 Å². The van der Waals surface area contributed by atoms with Gasteiger partial charge in [0.1, 0.15) is 0 Å². The van der Waals surface area contributed by atoms with E-state index in [0.29, 0.717) is 13.0 Å². The average Bonchev–Trinajstić information content (AvgIpc) is 2.04. The molecule has 72 valence electrons. The first-order valence-electron chi connectivity index (χ1n) is 3.97. The molecule has 0 aromatic rings. The molecule has 0 heterocycles. The Balaban J connectivity index is 3.62. The Morgan fingerprint density at radius 3 is 2.62 bits per heavy atom. The monoisotopic (exact) mass is 183 g/mol. The fourth-order valence-electron chi connectivity index (χ4n) is 0.814. The summed E-state index contributed by atoms with van der Waals surface area (Å²) in [5, 5.41) is 8.33. The summed E-state index contributed by atoms with van der Waals surface area (Å²) < 4.78 is 0. The Hall–Kier alpha value is -1.50. The van der Waals surface area contributed by atoms with E-state index in [0.717, 1.165) is 0 Å². The number of rotatable bonds is 5. The minimum absolute atomic E-state index is 0.0730. The maximum Gasteiger partial charge on any atom is 0.303 e. The van der Waals surface area contributed by atoms with Crippen molar-refractivity contribution in [2.45, 2.75) is 19.3 Å². The van der Waals surface area contributed by atoms with E-state index in [1.54, 1.807) is 7.05 Å². The molecule has 0 saturated carbocycles. The number of carboxylic acids is 1. The number of carbonyl (C=O) groups excluding carboxylic acids is 1. The van der Waals surface area contributed by atoms with Crippen molar-refractivity contribution < 1.29 is 14.7 Å². The molecule has 0 radical (unpaired) electrons. The summed E-state index contributed by atoms with van der Waals surface area (Å²) in [5.41, 5.74) is 0. The number of terminal acetylenes is 1. The Labute approximate surface area is 77.5 Å². The lowest BCUT2D eigenvalue weighted by Crippen LogP contribution is -2.27. The van der Waals surface area contributed by atoms with Crippen LogP contribution in [0.2, 0.25) is 0 Å². The Kier molecular flexibility index (Phi) is 5.37. The molecule has 0 aromatic carbocycles. The number of amides is 1. The van der Waals surface area contributed by atoms with Gasteiger partial charge in [0.05, 0.1) is 6.42 Å². The van der Waals surface area contributed by atoms with Crippen LogP contribution in [0.3, 0.4) is 0 Å². The second-order valence-electron chi connectivity index (χ2n) is 2.69. The third kappa shape index (κ3) is 5.74. The molecule has 0 aliphatic heterocycles. The zero-order valence-corrected chi connectivity index (χ0v) is 7.62. The summed E-state index contributed by atoms with van der Waals surface area (Å²) in [6, 6.07) is 0. The number of nitrogens with zero attached hydrogens (tertiary/aromatic N) is 1. The van der Waals surface area contributed by atoms with Gasteiger partial charge in [0.25, 0.3) is 0 Å². The van der Waals surface area contributed by atoms with Crippen LogP contribution < -0.4 is 0 Å². The number of hydrogen-bond acceptors (Lipinski definition) is 2. The molecule has 0 spiro atoms. The largest absolute Gasteiger partial charge is 0.481 e. The third-order valence-corrected chi connectivity index (χ3v) is 1.56. The van der Waals surface area contributed by atoms with E-state index in [1.807, 2.05) is 0 Å². The molecule has 0 unspecified atom stereocenters. The highest BCUT2D eigenvalue weighted by atomic mass is 16.4. The van der Waals surface area contributed by atoms with E-state index >= 15 is 0 Å². The van der Waals surface area contributed by atoms with Crippen LogP contribution in [0, 0.1) is 12.3 Å². The lowest BCUT2D eigenvalue weighted by molar-refractivity contribution is -0.137. The van der Waals surface area contributed by atoms with Gasteiger partial charge in [0.15, 0.2) is 0 Å². The molecule has 0 aromatic heterocycles. The van der Waals surface area contributed by atoms with E-state index in [9.17, 15) is 9.59 Å². The number of aliphatic carboxylic acids is 1. The second-order valence-corrected chi connectivity index (χ2v) is 2.69. The zero-order chi connectivity index (χ0) is 10.3. The quantitative estimate of drug-likeness (QED) is 0.625. The molecule has 4 heteroatoms. The predicted octanol–water partition coefficient (Wildman–Crippen LogP) is 0.333. The molecule has 4 nitrogen and oxygen atoms in total. The second kappa shape index (κ2) is 6.06. The van der Waals surface area contributed by atoms with Crippen LogP contribution in [0.4, 0.5) is 0 Å². The molecule has 1 amide bonds. The molecule has 0 aliphatic carbocycles. The maximum absolute atomic E-state index is 11.1. The van der Waals surface area contributed by atoms with E-state index < -0.39 is 5.97 Å². The molecular weight excluding hydrogens is 170 g/mol. The van der Waals surface area contributed by atoms with Gasteiger partial charge in [-0.1, -0.05) is 5.92 Å². The van der Waals surface area contributed by atoms with Crippen LogP contribution in [-0.4, -0.2) is 35.5 Å². The van der Waals surface area contributed by atoms with Crippen molar-refractivity contribution in [2.75, 3.05) is 13.6 Å². The highest BCUT2D eigenvalue weighted by molar-refractivity contribution is 5.78. The normalized spacial score (nSPS) is 8.92. The first kappa shape index (κ1) is 11.5. The minimum Gasteiger partial charge on any atom is -0.481 e. The van der Waals surface area contributed by atoms with Gasteiger partial charge in [-0.25, -0.2) is 0 Å². The van der Waals surface area contributed by atoms with Gasteiger partial charge in [0, 0.05) is 20.0 Å². The standard InChI is InChI=1S/C9H13NO3/c1-3-5-8(11)10(2)7-4-6-9(12)13/h1H,4-7H2,2H3,(H,12,13). The van der Waals surface area contributed by atoms with Crippen LogP contribution in [-0.2, 0) is 9.59 Å². The van der Waals surface area contributed by atoms with Crippen LogP contribution >= 0.6 is 0 Å². The van der Waals surface area contributed by atoms with Crippen molar-refractivity contribution in [3.05, 3.63) is 0 Å². The molecule has 0 fully saturated rings. The highest BCUT2D eigenvalue weighted by Gasteiger charge is 2.06. The minimum atomic E-state index is -0.849. The van der Waals surface area contributed by atoms with Crippen LogP contribution in [0.15, 0.2) is 0 Å². The van der Waals surface area contributed by atoms with Crippen LogP contribution in [0.25, 0.3) is 0 Å². The van der Waals surface area contributed by atoms with Gasteiger partial charge in [0.2, 0.25) is 5.91 Å². The third-order valence-electron chi connectivity index (χ3n) is 1.56. The summed E-state index contributed by atoms with van der Waals surface area (Å²) in [5.74, 6) is 1.25. The van der Waals surface area contributed by atoms with Crippen molar-refractivity contribution in [1.82, 2.24) is 4.90 Å². The fraction of sp³-hybridized carbons (Fsp3) is 0.556. The molecule has 13 heavy (non-hydrogen) atoms. The first-order valence-corrected chi connectivity index (χ1v) is 3.97. The lowest BCUT2D eigenvalue weighted by atomic mass is 10.3. The van der Waals surface area contributed by atoms with Gasteiger partial charge in [-0.3, -0.25) is 9.59 Å². The molecule has 0 aliphatic rings. The van der Waals surface area contributed by atoms with Gasteiger partial charge in [-0.2, -0.15) is 0 Å². The molecule has 0 saturated heterocycles. The van der Waals surface area contributed by atoms with E-state index in [-0.39, 0.29) is 18.7 Å². The van der Waals surface area contributed by atoms with E-state index in [2.05, 4.69) is 5.92 Å². The molecule has 0 rings (SSSR count). The highest BCUT2D eigenvalue weighted by Crippen LogP contribution is 1.95. The van der Waals surface area contributed by atoms with Crippen molar-refractivity contribution in [3.63, 3.8) is 0 Å². The zero-order valence-electron chi connectivity index (χ0n) is 7.62. The lowest BCUT2D eigenvalue weighted by Gasteiger charge is -2.14. The smallest absolute Gasteiger partial charge is 0.303 e. The molecular formula is C9H13NO3. The Morgan fingerprint density at radius 1 is 1.54 bits per heavy atom. The SMILES string of the molecule is C#CCC(=O)N(C)CCCC(=O)O.